The van der Waals surface area contributed by atoms with Crippen molar-refractivity contribution in [1.82, 2.24) is 19.6 Å². The van der Waals surface area contributed by atoms with Crippen molar-refractivity contribution in [3.8, 4) is 5.75 Å². The summed E-state index contributed by atoms with van der Waals surface area (Å²) in [5.74, 6) is 0.630. The van der Waals surface area contributed by atoms with Gasteiger partial charge in [0.05, 0.1) is 28.1 Å². The number of aryl methyl sites for hydroxylation is 2. The highest BCUT2D eigenvalue weighted by molar-refractivity contribution is 8.00. The van der Waals surface area contributed by atoms with Gasteiger partial charge >= 0.3 is 0 Å². The van der Waals surface area contributed by atoms with Gasteiger partial charge in [0.1, 0.15) is 5.75 Å². The first-order chi connectivity index (χ1) is 15.4. The fourth-order valence-electron chi connectivity index (χ4n) is 3.71. The van der Waals surface area contributed by atoms with Crippen LogP contribution in [0.5, 0.6) is 5.75 Å². The molecule has 9 heteroatoms. The zero-order chi connectivity index (χ0) is 22.4. The predicted molar refractivity (Wildman–Crippen MR) is 130 cm³/mol. The number of benzene rings is 2. The van der Waals surface area contributed by atoms with Crippen molar-refractivity contribution in [1.29, 1.82) is 0 Å². The summed E-state index contributed by atoms with van der Waals surface area (Å²) < 4.78 is 8.26. The number of hydrogen-bond donors (Lipinski definition) is 1. The molecule has 2 aromatic carbocycles. The number of para-hydroxylation sites is 1. The highest BCUT2D eigenvalue weighted by atomic mass is 32.2. The summed E-state index contributed by atoms with van der Waals surface area (Å²) in [6, 6.07) is 13.9. The summed E-state index contributed by atoms with van der Waals surface area (Å²) in [5.41, 5.74) is 4.97. The number of ether oxygens (including phenoxy) is 1. The summed E-state index contributed by atoms with van der Waals surface area (Å²) in [7, 11) is 1.63. The van der Waals surface area contributed by atoms with Crippen LogP contribution in [0.15, 0.2) is 47.6 Å². The minimum atomic E-state index is -0.385. The Balaban J connectivity index is 1.42. The fraction of sp³-hybridized carbons (Fsp3) is 0.217. The van der Waals surface area contributed by atoms with E-state index in [0.717, 1.165) is 43.6 Å². The number of fused-ring (bicyclic) bond motifs is 4. The number of carbonyl (C=O) groups excluding carboxylic acids is 1. The molecular formula is C23H21N5O2S2. The van der Waals surface area contributed by atoms with Gasteiger partial charge in [-0.1, -0.05) is 41.3 Å². The van der Waals surface area contributed by atoms with Crippen molar-refractivity contribution in [2.24, 2.45) is 0 Å². The molecule has 0 saturated carbocycles. The predicted octanol–water partition coefficient (Wildman–Crippen LogP) is 5.24. The van der Waals surface area contributed by atoms with E-state index in [1.165, 1.54) is 23.1 Å². The quantitative estimate of drug-likeness (QED) is 0.359. The summed E-state index contributed by atoms with van der Waals surface area (Å²) in [6.45, 7) is 6.02. The lowest BCUT2D eigenvalue weighted by atomic mass is 10.1. The van der Waals surface area contributed by atoms with Gasteiger partial charge in [-0.25, -0.2) is 4.98 Å². The van der Waals surface area contributed by atoms with Gasteiger partial charge in [0.25, 0.3) is 0 Å². The van der Waals surface area contributed by atoms with Gasteiger partial charge in [0, 0.05) is 5.39 Å². The van der Waals surface area contributed by atoms with E-state index >= 15 is 0 Å². The molecule has 0 aliphatic heterocycles. The highest BCUT2D eigenvalue weighted by Gasteiger charge is 2.21. The molecule has 5 aromatic rings. The summed E-state index contributed by atoms with van der Waals surface area (Å²) >= 11 is 2.81. The maximum Gasteiger partial charge on any atom is 0.239 e. The van der Waals surface area contributed by atoms with E-state index in [2.05, 4.69) is 52.5 Å². The lowest BCUT2D eigenvalue weighted by molar-refractivity contribution is -0.115. The molecule has 0 spiro atoms. The number of anilines is 1. The van der Waals surface area contributed by atoms with E-state index in [4.69, 9.17) is 4.74 Å². The van der Waals surface area contributed by atoms with Gasteiger partial charge in [-0.05, 0) is 56.2 Å². The molecule has 1 atom stereocenters. The molecular weight excluding hydrogens is 442 g/mol. The van der Waals surface area contributed by atoms with Gasteiger partial charge < -0.3 is 10.1 Å². The first kappa shape index (κ1) is 20.7. The number of aromatic nitrogens is 4. The smallest absolute Gasteiger partial charge is 0.239 e. The molecule has 0 saturated heterocycles. The average molecular weight is 464 g/mol. The summed E-state index contributed by atoms with van der Waals surface area (Å²) in [4.78, 5) is 17.4. The first-order valence-corrected chi connectivity index (χ1v) is 11.8. The van der Waals surface area contributed by atoms with Crippen molar-refractivity contribution in [3.05, 3.63) is 53.6 Å². The van der Waals surface area contributed by atoms with Gasteiger partial charge in [-0.2, -0.15) is 0 Å². The van der Waals surface area contributed by atoms with E-state index < -0.39 is 0 Å². The first-order valence-electron chi connectivity index (χ1n) is 10.1. The van der Waals surface area contributed by atoms with Crippen LogP contribution in [-0.2, 0) is 4.79 Å². The van der Waals surface area contributed by atoms with E-state index in [1.54, 1.807) is 7.11 Å². The number of thioether (sulfide) groups is 1. The maximum absolute atomic E-state index is 12.9. The Morgan fingerprint density at radius 1 is 1.16 bits per heavy atom. The Labute approximate surface area is 192 Å². The van der Waals surface area contributed by atoms with Crippen molar-refractivity contribution in [3.63, 3.8) is 0 Å². The third-order valence-electron chi connectivity index (χ3n) is 5.37. The zero-order valence-electron chi connectivity index (χ0n) is 18.0. The average Bonchev–Trinajstić information content (AvgIpc) is 3.36. The Morgan fingerprint density at radius 2 is 2.00 bits per heavy atom. The van der Waals surface area contributed by atoms with Crippen LogP contribution in [-0.4, -0.2) is 37.8 Å². The molecule has 162 valence electrons. The molecule has 0 fully saturated rings. The molecule has 0 radical (unpaired) electrons. The number of amides is 1. The second-order valence-corrected chi connectivity index (χ2v) is 9.92. The molecule has 0 bridgehead atoms. The number of carbonyl (C=O) groups is 1. The number of nitrogens with zero attached hydrogens (tertiary/aromatic N) is 4. The lowest BCUT2D eigenvalue weighted by Crippen LogP contribution is -2.22. The lowest BCUT2D eigenvalue weighted by Gasteiger charge is -2.12. The maximum atomic E-state index is 12.9. The molecule has 1 unspecified atom stereocenters. The van der Waals surface area contributed by atoms with Crippen LogP contribution >= 0.6 is 23.1 Å². The van der Waals surface area contributed by atoms with Crippen molar-refractivity contribution < 1.29 is 9.53 Å². The van der Waals surface area contributed by atoms with Gasteiger partial charge in [0.2, 0.25) is 5.91 Å². The summed E-state index contributed by atoms with van der Waals surface area (Å²) in [6.07, 6.45) is 0. The molecule has 1 N–H and O–H groups in total. The molecule has 3 aromatic heterocycles. The Kier molecular flexibility index (Phi) is 5.22. The van der Waals surface area contributed by atoms with E-state index in [0.29, 0.717) is 10.3 Å². The number of thiazole rings is 1. The third kappa shape index (κ3) is 3.57. The Bertz CT molecular complexity index is 1490. The number of pyridine rings is 1. The molecule has 32 heavy (non-hydrogen) atoms. The monoisotopic (exact) mass is 463 g/mol. The van der Waals surface area contributed by atoms with Crippen LogP contribution in [0.1, 0.15) is 18.1 Å². The van der Waals surface area contributed by atoms with Crippen molar-refractivity contribution >= 4 is 60.9 Å². The Hall–Kier alpha value is -3.17. The van der Waals surface area contributed by atoms with Crippen molar-refractivity contribution in [2.45, 2.75) is 31.2 Å². The number of nitrogens with one attached hydrogen (secondary N) is 1. The largest absolute Gasteiger partial charge is 0.497 e. The molecule has 7 nitrogen and oxygen atoms in total. The second-order valence-electron chi connectivity index (χ2n) is 7.58. The minimum absolute atomic E-state index is 0.133. The fourth-order valence-corrected chi connectivity index (χ4v) is 5.47. The third-order valence-corrected chi connectivity index (χ3v) is 7.34. The molecule has 0 aliphatic rings. The second kappa shape index (κ2) is 8.07. The number of rotatable bonds is 5. The standard InChI is InChI=1S/C23H21N5O2S2/c1-12-6-5-7-16-13(2)10-19-26-27-23(28(19)20(12)16)31-14(3)21(29)25-22-24-17-9-8-15(30-4)11-18(17)32-22/h5-11,14H,1-4H3,(H,24,25,29). The van der Waals surface area contributed by atoms with Crippen LogP contribution in [0.4, 0.5) is 5.13 Å². The number of methoxy groups -OCH3 is 1. The highest BCUT2D eigenvalue weighted by Crippen LogP contribution is 2.32. The minimum Gasteiger partial charge on any atom is -0.497 e. The molecule has 0 aliphatic carbocycles. The van der Waals surface area contributed by atoms with Crippen molar-refractivity contribution in [2.75, 3.05) is 12.4 Å². The zero-order valence-corrected chi connectivity index (χ0v) is 19.7. The topological polar surface area (TPSA) is 81.4 Å². The summed E-state index contributed by atoms with van der Waals surface area (Å²) in [5, 5.41) is 13.7. The number of hydrogen-bond acceptors (Lipinski definition) is 7. The van der Waals surface area contributed by atoms with Gasteiger partial charge in [-0.3, -0.25) is 9.20 Å². The SMILES string of the molecule is COc1ccc2nc(NC(=O)C(C)Sc3nnc4cc(C)c5cccc(C)c5n34)sc2c1. The van der Waals surface area contributed by atoms with Crippen LogP contribution in [0.25, 0.3) is 26.8 Å². The van der Waals surface area contributed by atoms with E-state index in [1.807, 2.05) is 35.6 Å². The Morgan fingerprint density at radius 3 is 2.81 bits per heavy atom. The van der Waals surface area contributed by atoms with Crippen LogP contribution in [0.2, 0.25) is 0 Å². The molecule has 1 amide bonds. The van der Waals surface area contributed by atoms with Gasteiger partial charge in [-0.15, -0.1) is 10.2 Å². The van der Waals surface area contributed by atoms with Crippen LogP contribution in [0, 0.1) is 13.8 Å². The normalized spacial score (nSPS) is 12.5. The molecule has 3 heterocycles. The van der Waals surface area contributed by atoms with Crippen LogP contribution < -0.4 is 10.1 Å². The molecule has 5 rings (SSSR count). The van der Waals surface area contributed by atoms with Gasteiger partial charge in [0.15, 0.2) is 15.9 Å². The van der Waals surface area contributed by atoms with Crippen LogP contribution in [0.3, 0.4) is 0 Å². The van der Waals surface area contributed by atoms with E-state index in [9.17, 15) is 4.79 Å². The van der Waals surface area contributed by atoms with E-state index in [-0.39, 0.29) is 11.2 Å².